The maximum Gasteiger partial charge on any atom is 0.0650 e. The van der Waals surface area contributed by atoms with Gasteiger partial charge in [-0.25, -0.2) is 0 Å². The van der Waals surface area contributed by atoms with Crippen LogP contribution in [0.4, 0.5) is 0 Å². The Kier molecular flexibility index (Phi) is 4.82. The molecule has 1 atom stereocenters. The van der Waals surface area contributed by atoms with Gasteiger partial charge < -0.3 is 5.11 Å². The third-order valence-corrected chi connectivity index (χ3v) is 2.90. The number of aliphatic hydroxyl groups is 1. The second-order valence-corrected chi connectivity index (χ2v) is 4.02. The Morgan fingerprint density at radius 2 is 1.93 bits per heavy atom. The monoisotopic (exact) mass is 210 g/mol. The van der Waals surface area contributed by atoms with Gasteiger partial charge in [-0.3, -0.25) is 4.68 Å². The van der Waals surface area contributed by atoms with Crippen molar-refractivity contribution in [3.8, 4) is 0 Å². The van der Waals surface area contributed by atoms with E-state index >= 15 is 0 Å². The van der Waals surface area contributed by atoms with E-state index in [1.807, 2.05) is 23.9 Å². The summed E-state index contributed by atoms with van der Waals surface area (Å²) in [6.07, 6.45) is 5.44. The second-order valence-electron chi connectivity index (χ2n) is 4.02. The Bertz CT molecular complexity index is 279. The van der Waals surface area contributed by atoms with E-state index in [4.69, 9.17) is 0 Å². The van der Waals surface area contributed by atoms with E-state index < -0.39 is 0 Å². The van der Waals surface area contributed by atoms with Gasteiger partial charge in [0, 0.05) is 12.6 Å². The molecule has 86 valence electrons. The van der Waals surface area contributed by atoms with Gasteiger partial charge in [0.25, 0.3) is 0 Å². The number of nitrogens with zero attached hydrogens (tertiary/aromatic N) is 2. The van der Waals surface area contributed by atoms with Crippen LogP contribution in [0, 0.1) is 0 Å². The van der Waals surface area contributed by atoms with Gasteiger partial charge in [-0.1, -0.05) is 20.8 Å². The molecular formula is C12H22N2O. The second kappa shape index (κ2) is 5.91. The molecule has 0 aromatic carbocycles. The first-order chi connectivity index (χ1) is 7.21. The van der Waals surface area contributed by atoms with Crippen molar-refractivity contribution in [2.24, 2.45) is 0 Å². The van der Waals surface area contributed by atoms with Gasteiger partial charge >= 0.3 is 0 Å². The molecule has 0 aliphatic rings. The Hall–Kier alpha value is -0.830. The number of aliphatic hydroxyl groups excluding tert-OH is 1. The fraction of sp³-hybridized carbons (Fsp3) is 0.750. The zero-order valence-corrected chi connectivity index (χ0v) is 9.98. The van der Waals surface area contributed by atoms with Crippen molar-refractivity contribution in [3.63, 3.8) is 0 Å². The molecule has 1 aromatic heterocycles. The first kappa shape index (κ1) is 12.2. The minimum absolute atomic E-state index is 0.255. The molecule has 0 aliphatic heterocycles. The van der Waals surface area contributed by atoms with Crippen LogP contribution in [0.2, 0.25) is 0 Å². The van der Waals surface area contributed by atoms with Gasteiger partial charge in [-0.05, 0) is 25.3 Å². The average Bonchev–Trinajstić information content (AvgIpc) is 2.68. The van der Waals surface area contributed by atoms with Gasteiger partial charge in [-0.2, -0.15) is 5.10 Å². The molecule has 0 radical (unpaired) electrons. The predicted molar refractivity (Wildman–Crippen MR) is 61.8 cm³/mol. The highest BCUT2D eigenvalue weighted by Gasteiger charge is 2.09. The lowest BCUT2D eigenvalue weighted by Crippen LogP contribution is -2.11. The molecule has 1 aromatic rings. The van der Waals surface area contributed by atoms with E-state index in [9.17, 15) is 5.11 Å². The minimum Gasteiger partial charge on any atom is -0.393 e. The summed E-state index contributed by atoms with van der Waals surface area (Å²) in [5.41, 5.74) is 0.997. The summed E-state index contributed by atoms with van der Waals surface area (Å²) >= 11 is 0. The van der Waals surface area contributed by atoms with Crippen LogP contribution in [0.25, 0.3) is 0 Å². The molecule has 15 heavy (non-hydrogen) atoms. The highest BCUT2D eigenvalue weighted by Crippen LogP contribution is 2.15. The largest absolute Gasteiger partial charge is 0.393 e. The summed E-state index contributed by atoms with van der Waals surface area (Å²) in [5, 5.41) is 14.0. The van der Waals surface area contributed by atoms with Crippen LogP contribution in [0.3, 0.4) is 0 Å². The van der Waals surface area contributed by atoms with Crippen LogP contribution in [0.5, 0.6) is 0 Å². The van der Waals surface area contributed by atoms with Crippen LogP contribution in [-0.4, -0.2) is 21.0 Å². The van der Waals surface area contributed by atoms with E-state index in [-0.39, 0.29) is 6.10 Å². The molecule has 1 unspecified atom stereocenters. The Morgan fingerprint density at radius 3 is 2.47 bits per heavy atom. The molecule has 1 rings (SSSR count). The topological polar surface area (TPSA) is 38.0 Å². The molecule has 3 heteroatoms. The third-order valence-electron chi connectivity index (χ3n) is 2.90. The highest BCUT2D eigenvalue weighted by molar-refractivity contribution is 5.01. The van der Waals surface area contributed by atoms with E-state index in [0.29, 0.717) is 12.5 Å². The molecule has 0 fully saturated rings. The van der Waals surface area contributed by atoms with E-state index in [1.165, 1.54) is 0 Å². The first-order valence-electron chi connectivity index (χ1n) is 5.93. The smallest absolute Gasteiger partial charge is 0.0650 e. The van der Waals surface area contributed by atoms with Gasteiger partial charge in [0.2, 0.25) is 0 Å². The average molecular weight is 210 g/mol. The van der Waals surface area contributed by atoms with Crippen molar-refractivity contribution in [1.82, 2.24) is 9.78 Å². The third kappa shape index (κ3) is 3.34. The summed E-state index contributed by atoms with van der Waals surface area (Å²) in [6, 6.07) is 2.51. The molecule has 0 saturated heterocycles. The summed E-state index contributed by atoms with van der Waals surface area (Å²) in [5.74, 6) is 0. The van der Waals surface area contributed by atoms with Crippen molar-refractivity contribution in [2.45, 2.75) is 58.6 Å². The fourth-order valence-electron chi connectivity index (χ4n) is 1.74. The Balaban J connectivity index is 2.63. The van der Waals surface area contributed by atoms with Crippen LogP contribution in [0.1, 0.15) is 51.8 Å². The van der Waals surface area contributed by atoms with Gasteiger partial charge in [0.05, 0.1) is 17.8 Å². The number of hydrogen-bond acceptors (Lipinski definition) is 2. The minimum atomic E-state index is -0.255. The van der Waals surface area contributed by atoms with Crippen molar-refractivity contribution < 1.29 is 5.11 Å². The zero-order chi connectivity index (χ0) is 11.3. The lowest BCUT2D eigenvalue weighted by Gasteiger charge is -2.12. The van der Waals surface area contributed by atoms with Crippen molar-refractivity contribution in [3.05, 3.63) is 18.0 Å². The van der Waals surface area contributed by atoms with Crippen LogP contribution in [-0.2, 0) is 6.42 Å². The summed E-state index contributed by atoms with van der Waals surface area (Å²) in [7, 11) is 0. The molecular weight excluding hydrogens is 188 g/mol. The molecule has 0 spiro atoms. The van der Waals surface area contributed by atoms with Crippen LogP contribution in [0.15, 0.2) is 12.3 Å². The van der Waals surface area contributed by atoms with Gasteiger partial charge in [0.1, 0.15) is 0 Å². The molecule has 3 nitrogen and oxygen atoms in total. The van der Waals surface area contributed by atoms with E-state index in [0.717, 1.165) is 25.0 Å². The predicted octanol–water partition coefficient (Wildman–Crippen LogP) is 2.56. The Morgan fingerprint density at radius 1 is 1.27 bits per heavy atom. The van der Waals surface area contributed by atoms with Gasteiger partial charge in [0.15, 0.2) is 0 Å². The maximum atomic E-state index is 9.52. The first-order valence-corrected chi connectivity index (χ1v) is 5.93. The SMILES string of the molecule is CCC(O)Cc1ccn(C(CC)CC)n1. The van der Waals surface area contributed by atoms with Crippen molar-refractivity contribution >= 4 is 0 Å². The molecule has 0 aliphatic carbocycles. The number of hydrogen-bond donors (Lipinski definition) is 1. The summed E-state index contributed by atoms with van der Waals surface area (Å²) < 4.78 is 2.03. The lowest BCUT2D eigenvalue weighted by atomic mass is 10.1. The van der Waals surface area contributed by atoms with Crippen LogP contribution >= 0.6 is 0 Å². The highest BCUT2D eigenvalue weighted by atomic mass is 16.3. The van der Waals surface area contributed by atoms with E-state index in [1.54, 1.807) is 0 Å². The zero-order valence-electron chi connectivity index (χ0n) is 9.98. The fourth-order valence-corrected chi connectivity index (χ4v) is 1.74. The molecule has 1 heterocycles. The maximum absolute atomic E-state index is 9.52. The molecule has 1 N–H and O–H groups in total. The van der Waals surface area contributed by atoms with Gasteiger partial charge in [-0.15, -0.1) is 0 Å². The normalized spacial score (nSPS) is 13.4. The molecule has 0 amide bonds. The lowest BCUT2D eigenvalue weighted by molar-refractivity contribution is 0.169. The van der Waals surface area contributed by atoms with Crippen molar-refractivity contribution in [2.75, 3.05) is 0 Å². The standard InChI is InChI=1S/C12H22N2O/c1-4-11(5-2)14-8-7-10(13-14)9-12(15)6-3/h7-8,11-12,15H,4-6,9H2,1-3H3. The number of rotatable bonds is 6. The number of aromatic nitrogens is 2. The van der Waals surface area contributed by atoms with E-state index in [2.05, 4.69) is 18.9 Å². The summed E-state index contributed by atoms with van der Waals surface area (Å²) in [6.45, 7) is 6.34. The molecule has 0 saturated carbocycles. The Labute approximate surface area is 92.1 Å². The van der Waals surface area contributed by atoms with Crippen molar-refractivity contribution in [1.29, 1.82) is 0 Å². The summed E-state index contributed by atoms with van der Waals surface area (Å²) in [4.78, 5) is 0. The molecule has 0 bridgehead atoms. The quantitative estimate of drug-likeness (QED) is 0.783. The van der Waals surface area contributed by atoms with Crippen LogP contribution < -0.4 is 0 Å².